The van der Waals surface area contributed by atoms with Crippen molar-refractivity contribution >= 4 is 32.9 Å². The van der Waals surface area contributed by atoms with Crippen molar-refractivity contribution in [3.63, 3.8) is 0 Å². The molecule has 1 aliphatic heterocycles. The summed E-state index contributed by atoms with van der Waals surface area (Å²) in [6, 6.07) is 5.91. The molecule has 4 nitrogen and oxygen atoms in total. The summed E-state index contributed by atoms with van der Waals surface area (Å²) in [7, 11) is -0.655. The van der Waals surface area contributed by atoms with Gasteiger partial charge in [-0.1, -0.05) is 0 Å². The van der Waals surface area contributed by atoms with Crippen LogP contribution in [0.15, 0.2) is 30.6 Å². The van der Waals surface area contributed by atoms with E-state index in [1.165, 1.54) is 0 Å². The third-order valence-electron chi connectivity index (χ3n) is 3.35. The van der Waals surface area contributed by atoms with Crippen molar-refractivity contribution in [1.82, 2.24) is 4.98 Å². The van der Waals surface area contributed by atoms with Crippen molar-refractivity contribution in [3.8, 4) is 0 Å². The predicted octanol–water partition coefficient (Wildman–Crippen LogP) is 1.39. The zero-order valence-electron chi connectivity index (χ0n) is 10.0. The Balaban J connectivity index is 2.07. The van der Waals surface area contributed by atoms with Crippen LogP contribution in [0.5, 0.6) is 0 Å². The van der Waals surface area contributed by atoms with Gasteiger partial charge in [0, 0.05) is 69.9 Å². The summed E-state index contributed by atoms with van der Waals surface area (Å²) in [6.07, 6.45) is 3.61. The second-order valence-electron chi connectivity index (χ2n) is 4.43. The van der Waals surface area contributed by atoms with Gasteiger partial charge in [0.15, 0.2) is 0 Å². The molecule has 2 aromatic rings. The fraction of sp³-hybridized carbons (Fsp3) is 0.308. The van der Waals surface area contributed by atoms with Crippen molar-refractivity contribution in [1.29, 1.82) is 0 Å². The number of nitrogens with zero attached hydrogens (tertiary/aromatic N) is 2. The zero-order valence-corrected chi connectivity index (χ0v) is 10.8. The second-order valence-corrected chi connectivity index (χ2v) is 6.13. The van der Waals surface area contributed by atoms with Crippen LogP contribution in [-0.2, 0) is 10.8 Å². The van der Waals surface area contributed by atoms with Gasteiger partial charge in [-0.25, -0.2) is 0 Å². The summed E-state index contributed by atoms with van der Waals surface area (Å²) in [5.41, 5.74) is 7.90. The fourth-order valence-corrected chi connectivity index (χ4v) is 3.41. The maximum Gasteiger partial charge on any atom is 0.0463 e. The van der Waals surface area contributed by atoms with Crippen LogP contribution in [0.4, 0.5) is 11.4 Å². The van der Waals surface area contributed by atoms with Gasteiger partial charge in [0.1, 0.15) is 0 Å². The topological polar surface area (TPSA) is 59.2 Å². The van der Waals surface area contributed by atoms with Gasteiger partial charge in [-0.3, -0.25) is 9.19 Å². The lowest BCUT2D eigenvalue weighted by molar-refractivity contribution is 0.673. The first kappa shape index (κ1) is 11.5. The number of rotatable bonds is 1. The Bertz CT molecular complexity index is 604. The molecular formula is C13H15N3OS. The van der Waals surface area contributed by atoms with E-state index < -0.39 is 10.8 Å². The van der Waals surface area contributed by atoms with E-state index in [1.54, 1.807) is 6.20 Å². The highest BCUT2D eigenvalue weighted by molar-refractivity contribution is 7.85. The van der Waals surface area contributed by atoms with E-state index >= 15 is 0 Å². The van der Waals surface area contributed by atoms with E-state index in [1.807, 2.05) is 24.4 Å². The quantitative estimate of drug-likeness (QED) is 0.788. The number of nitrogens with two attached hydrogens (primary N) is 1. The maximum atomic E-state index is 11.4. The first-order valence-electron chi connectivity index (χ1n) is 5.98. The minimum Gasteiger partial charge on any atom is -0.398 e. The zero-order chi connectivity index (χ0) is 12.5. The Kier molecular flexibility index (Phi) is 2.91. The van der Waals surface area contributed by atoms with E-state index in [0.717, 1.165) is 46.7 Å². The SMILES string of the molecule is Nc1ccc(N2CCS(=O)CC2)c2cnccc12. The first-order chi connectivity index (χ1) is 8.75. The third-order valence-corrected chi connectivity index (χ3v) is 4.62. The van der Waals surface area contributed by atoms with E-state index in [-0.39, 0.29) is 0 Å². The Morgan fingerprint density at radius 1 is 1.17 bits per heavy atom. The van der Waals surface area contributed by atoms with Crippen LogP contribution in [0.25, 0.3) is 10.8 Å². The monoisotopic (exact) mass is 261 g/mol. The van der Waals surface area contributed by atoms with Crippen LogP contribution in [0.2, 0.25) is 0 Å². The molecule has 0 amide bonds. The number of aromatic nitrogens is 1. The standard InChI is InChI=1S/C13H15N3OS/c14-12-1-2-13(11-9-15-4-3-10(11)12)16-5-7-18(17)8-6-16/h1-4,9H,5-8,14H2. The molecule has 5 heteroatoms. The second kappa shape index (κ2) is 4.57. The van der Waals surface area contributed by atoms with Crippen molar-refractivity contribution in [2.75, 3.05) is 35.2 Å². The molecule has 1 aromatic heterocycles. The number of benzene rings is 1. The lowest BCUT2D eigenvalue weighted by atomic mass is 10.1. The number of pyridine rings is 1. The van der Waals surface area contributed by atoms with Crippen LogP contribution >= 0.6 is 0 Å². The van der Waals surface area contributed by atoms with Crippen molar-refractivity contribution in [2.24, 2.45) is 0 Å². The molecule has 1 saturated heterocycles. The molecule has 2 N–H and O–H groups in total. The lowest BCUT2D eigenvalue weighted by Gasteiger charge is -2.29. The number of hydrogen-bond acceptors (Lipinski definition) is 4. The molecule has 0 unspecified atom stereocenters. The molecule has 0 aliphatic carbocycles. The Morgan fingerprint density at radius 2 is 1.94 bits per heavy atom. The Morgan fingerprint density at radius 3 is 2.72 bits per heavy atom. The first-order valence-corrected chi connectivity index (χ1v) is 7.46. The molecule has 1 aromatic carbocycles. The van der Waals surface area contributed by atoms with Crippen molar-refractivity contribution in [2.45, 2.75) is 0 Å². The molecule has 94 valence electrons. The predicted molar refractivity (Wildman–Crippen MR) is 76.2 cm³/mol. The molecular weight excluding hydrogens is 246 g/mol. The average molecular weight is 261 g/mol. The van der Waals surface area contributed by atoms with Crippen LogP contribution in [-0.4, -0.2) is 33.8 Å². The van der Waals surface area contributed by atoms with Gasteiger partial charge in [-0.05, 0) is 18.2 Å². The molecule has 0 bridgehead atoms. The average Bonchev–Trinajstić information content (AvgIpc) is 2.41. The summed E-state index contributed by atoms with van der Waals surface area (Å²) < 4.78 is 11.4. The number of fused-ring (bicyclic) bond motifs is 1. The summed E-state index contributed by atoms with van der Waals surface area (Å²) >= 11 is 0. The van der Waals surface area contributed by atoms with Crippen LogP contribution < -0.4 is 10.6 Å². The van der Waals surface area contributed by atoms with E-state index in [9.17, 15) is 4.21 Å². The van der Waals surface area contributed by atoms with E-state index in [4.69, 9.17) is 5.73 Å². The molecule has 0 atom stereocenters. The van der Waals surface area contributed by atoms with Crippen LogP contribution in [0, 0.1) is 0 Å². The van der Waals surface area contributed by atoms with Gasteiger partial charge in [-0.2, -0.15) is 0 Å². The molecule has 0 spiro atoms. The maximum absolute atomic E-state index is 11.4. The van der Waals surface area contributed by atoms with Gasteiger partial charge in [0.05, 0.1) is 0 Å². The lowest BCUT2D eigenvalue weighted by Crippen LogP contribution is -2.37. The minimum absolute atomic E-state index is 0.655. The number of hydrogen-bond donors (Lipinski definition) is 1. The third kappa shape index (κ3) is 1.95. The van der Waals surface area contributed by atoms with Gasteiger partial charge in [0.25, 0.3) is 0 Å². The van der Waals surface area contributed by atoms with Crippen molar-refractivity contribution in [3.05, 3.63) is 30.6 Å². The summed E-state index contributed by atoms with van der Waals surface area (Å²) in [5.74, 6) is 1.48. The van der Waals surface area contributed by atoms with Gasteiger partial charge < -0.3 is 10.6 Å². The molecule has 18 heavy (non-hydrogen) atoms. The number of nitrogen functional groups attached to an aromatic ring is 1. The summed E-state index contributed by atoms with van der Waals surface area (Å²) in [6.45, 7) is 1.67. The van der Waals surface area contributed by atoms with Crippen molar-refractivity contribution < 1.29 is 4.21 Å². The Hall–Kier alpha value is -1.62. The van der Waals surface area contributed by atoms with E-state index in [2.05, 4.69) is 9.88 Å². The van der Waals surface area contributed by atoms with Crippen LogP contribution in [0.3, 0.4) is 0 Å². The molecule has 2 heterocycles. The molecule has 3 rings (SSSR count). The summed E-state index contributed by atoms with van der Waals surface area (Å²) in [4.78, 5) is 6.45. The minimum atomic E-state index is -0.655. The summed E-state index contributed by atoms with van der Waals surface area (Å²) in [5, 5.41) is 2.11. The van der Waals surface area contributed by atoms with Crippen LogP contribution in [0.1, 0.15) is 0 Å². The van der Waals surface area contributed by atoms with Gasteiger partial charge in [0.2, 0.25) is 0 Å². The Labute approximate surface area is 108 Å². The molecule has 0 saturated carbocycles. The normalized spacial score (nSPS) is 17.2. The molecule has 0 radical (unpaired) electrons. The number of anilines is 2. The van der Waals surface area contributed by atoms with Gasteiger partial charge >= 0.3 is 0 Å². The highest BCUT2D eigenvalue weighted by atomic mass is 32.2. The highest BCUT2D eigenvalue weighted by Crippen LogP contribution is 2.30. The highest BCUT2D eigenvalue weighted by Gasteiger charge is 2.17. The van der Waals surface area contributed by atoms with E-state index in [0.29, 0.717) is 0 Å². The largest absolute Gasteiger partial charge is 0.398 e. The molecule has 1 fully saturated rings. The smallest absolute Gasteiger partial charge is 0.0463 e. The molecule has 1 aliphatic rings. The van der Waals surface area contributed by atoms with Gasteiger partial charge in [-0.15, -0.1) is 0 Å². The fourth-order valence-electron chi connectivity index (χ4n) is 2.35.